The lowest BCUT2D eigenvalue weighted by atomic mass is 10.1. The van der Waals surface area contributed by atoms with Crippen LogP contribution in [-0.2, 0) is 9.59 Å². The number of barbiturate groups is 1. The van der Waals surface area contributed by atoms with Gasteiger partial charge in [0.1, 0.15) is 22.8 Å². The molecule has 1 aliphatic rings. The summed E-state index contributed by atoms with van der Waals surface area (Å²) < 4.78 is 11.4. The van der Waals surface area contributed by atoms with Gasteiger partial charge in [0.05, 0.1) is 29.4 Å². The van der Waals surface area contributed by atoms with Gasteiger partial charge in [-0.3, -0.25) is 25.0 Å². The van der Waals surface area contributed by atoms with E-state index in [0.29, 0.717) is 5.75 Å². The highest BCUT2D eigenvalue weighted by atomic mass is 79.9. The number of hydrogen-bond donors (Lipinski definition) is 1. The number of anilines is 1. The summed E-state index contributed by atoms with van der Waals surface area (Å²) in [6, 6.07) is 12.7. The summed E-state index contributed by atoms with van der Waals surface area (Å²) in [5.74, 6) is -1.16. The third kappa shape index (κ3) is 4.26. The first-order valence-electron chi connectivity index (χ1n) is 9.38. The molecule has 166 valence electrons. The Kier molecular flexibility index (Phi) is 5.80. The van der Waals surface area contributed by atoms with Crippen molar-refractivity contribution in [1.82, 2.24) is 5.32 Å². The Balaban J connectivity index is 1.69. The summed E-state index contributed by atoms with van der Waals surface area (Å²) >= 11 is 3.28. The molecule has 0 atom stereocenters. The van der Waals surface area contributed by atoms with Gasteiger partial charge in [0.2, 0.25) is 0 Å². The molecule has 0 aliphatic carbocycles. The molecule has 3 aromatic rings. The molecule has 1 aromatic heterocycles. The Labute approximate surface area is 194 Å². The molecular formula is C22H14BrN3O7. The number of halogens is 1. The Hall–Kier alpha value is -4.25. The number of nitro groups is 1. The van der Waals surface area contributed by atoms with Crippen LogP contribution in [-0.4, -0.2) is 29.9 Å². The second-order valence-electron chi connectivity index (χ2n) is 6.78. The zero-order valence-corrected chi connectivity index (χ0v) is 18.5. The largest absolute Gasteiger partial charge is 0.497 e. The molecule has 33 heavy (non-hydrogen) atoms. The maximum absolute atomic E-state index is 12.9. The van der Waals surface area contributed by atoms with Gasteiger partial charge >= 0.3 is 6.03 Å². The van der Waals surface area contributed by atoms with E-state index in [1.165, 1.54) is 37.5 Å². The van der Waals surface area contributed by atoms with Crippen molar-refractivity contribution in [3.63, 3.8) is 0 Å². The van der Waals surface area contributed by atoms with Gasteiger partial charge in [-0.1, -0.05) is 15.9 Å². The zero-order valence-electron chi connectivity index (χ0n) is 16.9. The van der Waals surface area contributed by atoms with Gasteiger partial charge in [-0.2, -0.15) is 0 Å². The molecule has 0 saturated carbocycles. The van der Waals surface area contributed by atoms with Crippen LogP contribution in [0.25, 0.3) is 17.4 Å². The lowest BCUT2D eigenvalue weighted by Crippen LogP contribution is -2.54. The first-order chi connectivity index (χ1) is 15.8. The molecule has 0 bridgehead atoms. The second kappa shape index (κ2) is 8.71. The Morgan fingerprint density at radius 2 is 1.82 bits per heavy atom. The van der Waals surface area contributed by atoms with E-state index in [9.17, 15) is 24.5 Å². The van der Waals surface area contributed by atoms with Crippen molar-refractivity contribution in [2.75, 3.05) is 12.0 Å². The highest BCUT2D eigenvalue weighted by Gasteiger charge is 2.37. The number of nitrogens with one attached hydrogen (secondary N) is 1. The van der Waals surface area contributed by atoms with Crippen molar-refractivity contribution < 1.29 is 28.5 Å². The van der Waals surface area contributed by atoms with Crippen molar-refractivity contribution in [3.05, 3.63) is 80.5 Å². The second-order valence-corrected chi connectivity index (χ2v) is 7.69. The molecule has 1 fully saturated rings. The molecule has 0 spiro atoms. The van der Waals surface area contributed by atoms with Crippen LogP contribution < -0.4 is 15.0 Å². The van der Waals surface area contributed by atoms with Crippen LogP contribution in [0, 0.1) is 10.1 Å². The Bertz CT molecular complexity index is 1330. The van der Waals surface area contributed by atoms with Gasteiger partial charge in [-0.05, 0) is 54.6 Å². The van der Waals surface area contributed by atoms with Gasteiger partial charge in [0, 0.05) is 4.47 Å². The maximum Gasteiger partial charge on any atom is 0.335 e. The standard InChI is InChI=1S/C22H14BrN3O7/c1-32-14-6-8-16(18(11-14)26(30)31)19-9-7-15(33-19)10-17-20(27)24-22(29)25(21(17)28)13-4-2-12(23)3-5-13/h2-11H,1H3,(H,24,27,29)/b17-10+. The number of methoxy groups -OCH3 is 1. The third-order valence-electron chi connectivity index (χ3n) is 4.77. The molecule has 2 aromatic carbocycles. The fourth-order valence-electron chi connectivity index (χ4n) is 3.20. The van der Waals surface area contributed by atoms with E-state index in [0.717, 1.165) is 9.37 Å². The highest BCUT2D eigenvalue weighted by Crippen LogP contribution is 2.34. The van der Waals surface area contributed by atoms with Gasteiger partial charge < -0.3 is 9.15 Å². The van der Waals surface area contributed by atoms with Crippen molar-refractivity contribution in [3.8, 4) is 17.1 Å². The van der Waals surface area contributed by atoms with Gasteiger partial charge in [-0.25, -0.2) is 9.69 Å². The minimum absolute atomic E-state index is 0.0960. The van der Waals surface area contributed by atoms with E-state index in [2.05, 4.69) is 21.2 Å². The molecule has 4 amide bonds. The van der Waals surface area contributed by atoms with Crippen LogP contribution >= 0.6 is 15.9 Å². The number of carbonyl (C=O) groups is 3. The van der Waals surface area contributed by atoms with Crippen LogP contribution in [0.4, 0.5) is 16.2 Å². The lowest BCUT2D eigenvalue weighted by Gasteiger charge is -2.26. The number of furan rings is 1. The van der Waals surface area contributed by atoms with Crippen molar-refractivity contribution >= 4 is 51.2 Å². The Morgan fingerprint density at radius 1 is 1.09 bits per heavy atom. The fraction of sp³-hybridized carbons (Fsp3) is 0.0455. The first-order valence-corrected chi connectivity index (χ1v) is 10.2. The lowest BCUT2D eigenvalue weighted by molar-refractivity contribution is -0.384. The number of hydrogen-bond acceptors (Lipinski definition) is 7. The van der Waals surface area contributed by atoms with Gasteiger partial charge in [-0.15, -0.1) is 0 Å². The minimum Gasteiger partial charge on any atom is -0.497 e. The van der Waals surface area contributed by atoms with Crippen LogP contribution in [0.3, 0.4) is 0 Å². The van der Waals surface area contributed by atoms with E-state index < -0.39 is 22.8 Å². The van der Waals surface area contributed by atoms with E-state index in [-0.39, 0.29) is 34.0 Å². The maximum atomic E-state index is 12.9. The molecule has 11 heteroatoms. The average Bonchev–Trinajstić information content (AvgIpc) is 3.26. The summed E-state index contributed by atoms with van der Waals surface area (Å²) in [5.41, 5.74) is -0.103. The summed E-state index contributed by atoms with van der Waals surface area (Å²) in [7, 11) is 1.39. The molecule has 0 radical (unpaired) electrons. The monoisotopic (exact) mass is 511 g/mol. The number of rotatable bonds is 5. The predicted octanol–water partition coefficient (Wildman–Crippen LogP) is 4.29. The number of amides is 4. The molecule has 1 saturated heterocycles. The van der Waals surface area contributed by atoms with E-state index in [4.69, 9.17) is 9.15 Å². The molecule has 2 heterocycles. The molecule has 1 aliphatic heterocycles. The Morgan fingerprint density at radius 3 is 2.48 bits per heavy atom. The predicted molar refractivity (Wildman–Crippen MR) is 120 cm³/mol. The molecule has 1 N–H and O–H groups in total. The minimum atomic E-state index is -0.883. The number of imide groups is 2. The fourth-order valence-corrected chi connectivity index (χ4v) is 3.46. The quantitative estimate of drug-likeness (QED) is 0.233. The molecular weight excluding hydrogens is 498 g/mol. The van der Waals surface area contributed by atoms with Gasteiger partial charge in [0.15, 0.2) is 0 Å². The van der Waals surface area contributed by atoms with Crippen LogP contribution in [0.5, 0.6) is 5.75 Å². The third-order valence-corrected chi connectivity index (χ3v) is 5.30. The summed E-state index contributed by atoms with van der Waals surface area (Å²) in [6.45, 7) is 0. The number of carbonyl (C=O) groups excluding carboxylic acids is 3. The van der Waals surface area contributed by atoms with Crippen LogP contribution in [0.15, 0.2) is 69.1 Å². The smallest absolute Gasteiger partial charge is 0.335 e. The zero-order chi connectivity index (χ0) is 23.7. The van der Waals surface area contributed by atoms with Crippen LogP contribution in [0.2, 0.25) is 0 Å². The first kappa shape index (κ1) is 22.0. The number of nitro benzene ring substituents is 1. The van der Waals surface area contributed by atoms with Crippen molar-refractivity contribution in [2.24, 2.45) is 0 Å². The van der Waals surface area contributed by atoms with E-state index in [1.54, 1.807) is 30.3 Å². The molecule has 4 rings (SSSR count). The summed E-state index contributed by atoms with van der Waals surface area (Å²) in [5, 5.41) is 13.6. The molecule has 0 unspecified atom stereocenters. The topological polar surface area (TPSA) is 132 Å². The summed E-state index contributed by atoms with van der Waals surface area (Å²) in [6.07, 6.45) is 1.18. The number of benzene rings is 2. The number of ether oxygens (including phenoxy) is 1. The summed E-state index contributed by atoms with van der Waals surface area (Å²) in [4.78, 5) is 49.3. The van der Waals surface area contributed by atoms with Crippen LogP contribution in [0.1, 0.15) is 5.76 Å². The van der Waals surface area contributed by atoms with Gasteiger partial charge in [0.25, 0.3) is 17.5 Å². The van der Waals surface area contributed by atoms with E-state index >= 15 is 0 Å². The van der Waals surface area contributed by atoms with Crippen molar-refractivity contribution in [1.29, 1.82) is 0 Å². The average molecular weight is 512 g/mol. The number of urea groups is 1. The van der Waals surface area contributed by atoms with Crippen molar-refractivity contribution in [2.45, 2.75) is 0 Å². The SMILES string of the molecule is COc1ccc(-c2ccc(/C=C3\C(=O)NC(=O)N(c4ccc(Br)cc4)C3=O)o2)c([N+](=O)[O-])c1. The van der Waals surface area contributed by atoms with E-state index in [1.807, 2.05) is 0 Å². The highest BCUT2D eigenvalue weighted by molar-refractivity contribution is 9.10. The normalized spacial score (nSPS) is 15.0. The molecule has 10 nitrogen and oxygen atoms in total. The number of nitrogens with zero attached hydrogens (tertiary/aromatic N) is 2.